The Morgan fingerprint density at radius 1 is 1.15 bits per heavy atom. The summed E-state index contributed by atoms with van der Waals surface area (Å²) in [6.45, 7) is 8.10. The van der Waals surface area contributed by atoms with Gasteiger partial charge in [0.25, 0.3) is 0 Å². The Morgan fingerprint density at radius 3 is 2.38 bits per heavy atom. The Labute approximate surface area is 79.0 Å². The number of nitrogens with zero attached hydrogens (tertiary/aromatic N) is 4. The van der Waals surface area contributed by atoms with Gasteiger partial charge in [0, 0.05) is 19.5 Å². The summed E-state index contributed by atoms with van der Waals surface area (Å²) >= 11 is 0. The van der Waals surface area contributed by atoms with Gasteiger partial charge in [-0.3, -0.25) is 0 Å². The molecule has 0 unspecified atom stereocenters. The molecule has 0 N–H and O–H groups in total. The molecule has 0 bridgehead atoms. The molecular weight excluding hydrogens is 164 g/mol. The van der Waals surface area contributed by atoms with E-state index >= 15 is 0 Å². The lowest BCUT2D eigenvalue weighted by molar-refractivity contribution is 0.788. The lowest BCUT2D eigenvalue weighted by Gasteiger charge is -2.17. The van der Waals surface area contributed by atoms with Crippen LogP contribution in [0.2, 0.25) is 0 Å². The molecule has 1 rings (SSSR count). The lowest BCUT2D eigenvalue weighted by atomic mass is 10.4. The molecule has 0 aliphatic heterocycles. The zero-order valence-electron chi connectivity index (χ0n) is 8.49. The molecular formula is C9H16N4. The molecule has 0 saturated heterocycles. The molecule has 0 aliphatic rings. The molecule has 4 heteroatoms. The fourth-order valence-electron chi connectivity index (χ4n) is 1.15. The maximum Gasteiger partial charge on any atom is 0.228 e. The van der Waals surface area contributed by atoms with E-state index in [-0.39, 0.29) is 0 Å². The molecule has 1 heterocycles. The van der Waals surface area contributed by atoms with Crippen LogP contribution in [0.3, 0.4) is 0 Å². The molecule has 0 saturated carbocycles. The minimum absolute atomic E-state index is 0.789. The van der Waals surface area contributed by atoms with E-state index in [2.05, 4.69) is 33.7 Å². The van der Waals surface area contributed by atoms with Crippen molar-refractivity contribution in [2.75, 3.05) is 18.0 Å². The summed E-state index contributed by atoms with van der Waals surface area (Å²) in [5, 5.41) is 0. The third kappa shape index (κ3) is 2.37. The van der Waals surface area contributed by atoms with Crippen molar-refractivity contribution in [2.24, 2.45) is 0 Å². The van der Waals surface area contributed by atoms with E-state index in [1.165, 1.54) is 0 Å². The highest BCUT2D eigenvalue weighted by molar-refractivity contribution is 5.27. The summed E-state index contributed by atoms with van der Waals surface area (Å²) in [6.07, 6.45) is 2.44. The van der Waals surface area contributed by atoms with Crippen molar-refractivity contribution in [2.45, 2.75) is 27.2 Å². The summed E-state index contributed by atoms with van der Waals surface area (Å²) in [7, 11) is 0. The second kappa shape index (κ2) is 4.74. The Morgan fingerprint density at radius 2 is 1.85 bits per heavy atom. The van der Waals surface area contributed by atoms with Gasteiger partial charge in [0.15, 0.2) is 0 Å². The highest BCUT2D eigenvalue weighted by Gasteiger charge is 2.05. The molecule has 0 amide bonds. The van der Waals surface area contributed by atoms with Crippen LogP contribution in [0.15, 0.2) is 6.33 Å². The summed E-state index contributed by atoms with van der Waals surface area (Å²) in [6, 6.07) is 0. The van der Waals surface area contributed by atoms with Crippen molar-refractivity contribution in [1.82, 2.24) is 15.0 Å². The van der Waals surface area contributed by atoms with E-state index in [9.17, 15) is 0 Å². The fourth-order valence-corrected chi connectivity index (χ4v) is 1.15. The molecule has 1 aromatic rings. The monoisotopic (exact) mass is 180 g/mol. The van der Waals surface area contributed by atoms with E-state index in [1.807, 2.05) is 6.92 Å². The van der Waals surface area contributed by atoms with Gasteiger partial charge >= 0.3 is 0 Å². The normalized spacial score (nSPS) is 10.1. The van der Waals surface area contributed by atoms with Crippen molar-refractivity contribution in [3.05, 3.63) is 12.2 Å². The summed E-state index contributed by atoms with van der Waals surface area (Å²) in [4.78, 5) is 14.6. The van der Waals surface area contributed by atoms with Gasteiger partial charge in [0.2, 0.25) is 5.95 Å². The molecule has 4 nitrogen and oxygen atoms in total. The number of aryl methyl sites for hydroxylation is 1. The lowest BCUT2D eigenvalue weighted by Crippen LogP contribution is -2.24. The molecule has 0 aliphatic carbocycles. The number of aromatic nitrogens is 3. The maximum absolute atomic E-state index is 4.34. The van der Waals surface area contributed by atoms with Crippen molar-refractivity contribution in [3.8, 4) is 0 Å². The van der Waals surface area contributed by atoms with Crippen LogP contribution in [0.4, 0.5) is 5.95 Å². The first-order valence-corrected chi connectivity index (χ1v) is 4.74. The number of hydrogen-bond acceptors (Lipinski definition) is 4. The van der Waals surface area contributed by atoms with Crippen molar-refractivity contribution in [1.29, 1.82) is 0 Å². The number of anilines is 1. The van der Waals surface area contributed by atoms with Gasteiger partial charge in [-0.25, -0.2) is 9.97 Å². The second-order valence-corrected chi connectivity index (χ2v) is 2.73. The molecule has 0 spiro atoms. The van der Waals surface area contributed by atoms with Gasteiger partial charge in [-0.1, -0.05) is 6.92 Å². The van der Waals surface area contributed by atoms with Gasteiger partial charge < -0.3 is 4.90 Å². The highest BCUT2D eigenvalue weighted by atomic mass is 15.3. The third-order valence-electron chi connectivity index (χ3n) is 1.97. The topological polar surface area (TPSA) is 41.9 Å². The number of hydrogen-bond donors (Lipinski definition) is 0. The van der Waals surface area contributed by atoms with E-state index in [0.717, 1.165) is 31.3 Å². The number of rotatable bonds is 4. The predicted molar refractivity (Wildman–Crippen MR) is 52.8 cm³/mol. The van der Waals surface area contributed by atoms with Crippen molar-refractivity contribution < 1.29 is 0 Å². The maximum atomic E-state index is 4.34. The molecule has 72 valence electrons. The first kappa shape index (κ1) is 9.89. The summed E-state index contributed by atoms with van der Waals surface area (Å²) in [5.41, 5.74) is 0. The molecule has 0 fully saturated rings. The highest BCUT2D eigenvalue weighted by Crippen LogP contribution is 2.04. The minimum Gasteiger partial charge on any atom is -0.341 e. The van der Waals surface area contributed by atoms with Gasteiger partial charge in [-0.05, 0) is 13.8 Å². The Kier molecular flexibility index (Phi) is 3.61. The van der Waals surface area contributed by atoms with Gasteiger partial charge in [-0.2, -0.15) is 4.98 Å². The van der Waals surface area contributed by atoms with Crippen LogP contribution in [0.25, 0.3) is 0 Å². The second-order valence-electron chi connectivity index (χ2n) is 2.73. The quantitative estimate of drug-likeness (QED) is 0.700. The van der Waals surface area contributed by atoms with E-state index in [1.54, 1.807) is 6.33 Å². The van der Waals surface area contributed by atoms with Gasteiger partial charge in [0.05, 0.1) is 0 Å². The summed E-state index contributed by atoms with van der Waals surface area (Å²) in [5.74, 6) is 1.65. The van der Waals surface area contributed by atoms with Crippen LogP contribution in [0, 0.1) is 0 Å². The molecule has 1 aromatic heterocycles. The van der Waals surface area contributed by atoms with Crippen molar-refractivity contribution >= 4 is 5.95 Å². The predicted octanol–water partition coefficient (Wildman–Crippen LogP) is 1.28. The molecule has 0 atom stereocenters. The third-order valence-corrected chi connectivity index (χ3v) is 1.97. The van der Waals surface area contributed by atoms with Crippen LogP contribution in [0.5, 0.6) is 0 Å². The molecule has 13 heavy (non-hydrogen) atoms. The van der Waals surface area contributed by atoms with Crippen LogP contribution in [-0.2, 0) is 6.42 Å². The zero-order chi connectivity index (χ0) is 9.68. The van der Waals surface area contributed by atoms with Crippen LogP contribution in [-0.4, -0.2) is 28.0 Å². The van der Waals surface area contributed by atoms with Gasteiger partial charge in [-0.15, -0.1) is 0 Å². The minimum atomic E-state index is 0.789. The largest absolute Gasteiger partial charge is 0.341 e. The molecule has 0 radical (unpaired) electrons. The Bertz CT molecular complexity index is 258. The Hall–Kier alpha value is -1.19. The fraction of sp³-hybridized carbons (Fsp3) is 0.667. The van der Waals surface area contributed by atoms with E-state index in [4.69, 9.17) is 0 Å². The first-order valence-electron chi connectivity index (χ1n) is 4.74. The average Bonchev–Trinajstić information content (AvgIpc) is 2.20. The van der Waals surface area contributed by atoms with Crippen LogP contribution in [0.1, 0.15) is 26.6 Å². The van der Waals surface area contributed by atoms with Crippen LogP contribution < -0.4 is 4.90 Å². The van der Waals surface area contributed by atoms with E-state index < -0.39 is 0 Å². The van der Waals surface area contributed by atoms with Gasteiger partial charge in [0.1, 0.15) is 12.2 Å². The summed E-state index contributed by atoms with van der Waals surface area (Å²) < 4.78 is 0. The smallest absolute Gasteiger partial charge is 0.228 e. The zero-order valence-corrected chi connectivity index (χ0v) is 8.49. The average molecular weight is 180 g/mol. The van der Waals surface area contributed by atoms with E-state index in [0.29, 0.717) is 0 Å². The van der Waals surface area contributed by atoms with Crippen molar-refractivity contribution in [3.63, 3.8) is 0 Å². The standard InChI is InChI=1S/C9H16N4/c1-4-8-10-7-11-9(12-8)13(5-2)6-3/h7H,4-6H2,1-3H3. The molecule has 0 aromatic carbocycles. The first-order chi connectivity index (χ1) is 6.31. The van der Waals surface area contributed by atoms with Crippen LogP contribution >= 0.6 is 0 Å². The Balaban J connectivity index is 2.86. The SMILES string of the molecule is CCc1ncnc(N(CC)CC)n1.